The molecule has 25 heavy (non-hydrogen) atoms. The van der Waals surface area contributed by atoms with E-state index in [-0.39, 0.29) is 18.6 Å². The van der Waals surface area contributed by atoms with Crippen LogP contribution in [0.5, 0.6) is 0 Å². The van der Waals surface area contributed by atoms with Crippen LogP contribution in [0.15, 0.2) is 24.3 Å². The molecule has 2 fully saturated rings. The average Bonchev–Trinajstić information content (AvgIpc) is 2.69. The Hall–Kier alpha value is -1.39. The molecule has 3 rings (SSSR count). The van der Waals surface area contributed by atoms with E-state index in [1.807, 2.05) is 17.0 Å². The van der Waals surface area contributed by atoms with Crippen LogP contribution in [0.25, 0.3) is 0 Å². The summed E-state index contributed by atoms with van der Waals surface area (Å²) in [4.78, 5) is 14.7. The van der Waals surface area contributed by atoms with Crippen molar-refractivity contribution in [3.8, 4) is 0 Å². The van der Waals surface area contributed by atoms with Crippen LogP contribution >= 0.6 is 0 Å². The number of aliphatic hydroxyl groups excluding tert-OH is 1. The summed E-state index contributed by atoms with van der Waals surface area (Å²) in [6.07, 6.45) is 9.30. The van der Waals surface area contributed by atoms with Crippen LogP contribution < -0.4 is 0 Å². The normalized spacial score (nSPS) is 20.0. The second-order valence-corrected chi connectivity index (χ2v) is 7.40. The van der Waals surface area contributed by atoms with Gasteiger partial charge in [-0.05, 0) is 55.7 Å². The molecular weight excluding hydrogens is 314 g/mol. The number of hydrogen-bond acceptors (Lipinski definition) is 3. The van der Waals surface area contributed by atoms with E-state index >= 15 is 0 Å². The third-order valence-electron chi connectivity index (χ3n) is 5.62. The summed E-state index contributed by atoms with van der Waals surface area (Å²) < 4.78 is 5.74. The zero-order valence-electron chi connectivity index (χ0n) is 15.2. The number of piperidine rings is 1. The average molecular weight is 345 g/mol. The lowest BCUT2D eigenvalue weighted by molar-refractivity contribution is 0.00397. The number of nitrogens with zero attached hydrogens (tertiary/aromatic N) is 1. The second kappa shape index (κ2) is 9.35. The first-order valence-corrected chi connectivity index (χ1v) is 9.89. The van der Waals surface area contributed by atoms with Gasteiger partial charge in [0.2, 0.25) is 0 Å². The Kier molecular flexibility index (Phi) is 6.88. The number of amides is 1. The molecular formula is C21H31NO3. The first-order valence-electron chi connectivity index (χ1n) is 9.89. The van der Waals surface area contributed by atoms with E-state index in [4.69, 9.17) is 9.84 Å². The Morgan fingerprint density at radius 2 is 1.72 bits per heavy atom. The molecule has 1 heterocycles. The van der Waals surface area contributed by atoms with Gasteiger partial charge in [-0.15, -0.1) is 0 Å². The number of hydrogen-bond donors (Lipinski definition) is 1. The van der Waals surface area contributed by atoms with Crippen molar-refractivity contribution in [1.82, 2.24) is 4.90 Å². The first-order chi connectivity index (χ1) is 12.3. The van der Waals surface area contributed by atoms with Gasteiger partial charge in [-0.3, -0.25) is 4.79 Å². The Balaban J connectivity index is 1.49. The highest BCUT2D eigenvalue weighted by atomic mass is 16.5. The highest BCUT2D eigenvalue weighted by molar-refractivity contribution is 5.94. The van der Waals surface area contributed by atoms with Crippen molar-refractivity contribution in [2.75, 3.05) is 26.3 Å². The molecule has 0 radical (unpaired) electrons. The van der Waals surface area contributed by atoms with Crippen molar-refractivity contribution in [2.24, 2.45) is 0 Å². The molecule has 1 aromatic rings. The summed E-state index contributed by atoms with van der Waals surface area (Å²) in [5.41, 5.74) is 2.20. The van der Waals surface area contributed by atoms with Crippen LogP contribution in [-0.4, -0.2) is 48.3 Å². The molecule has 0 aromatic heterocycles. The van der Waals surface area contributed by atoms with Gasteiger partial charge in [-0.1, -0.05) is 31.4 Å². The third-order valence-corrected chi connectivity index (χ3v) is 5.62. The minimum Gasteiger partial charge on any atom is -0.396 e. The SMILES string of the molecule is O=C(c1ccc(C2CCCCC2)cc1)N1CCC(OCCCO)CC1. The maximum atomic E-state index is 12.7. The molecule has 4 nitrogen and oxygen atoms in total. The molecule has 1 N–H and O–H groups in total. The van der Waals surface area contributed by atoms with E-state index in [1.165, 1.54) is 37.7 Å². The molecule has 0 bridgehead atoms. The topological polar surface area (TPSA) is 49.8 Å². The fourth-order valence-corrected chi connectivity index (χ4v) is 4.06. The number of rotatable bonds is 6. The smallest absolute Gasteiger partial charge is 0.253 e. The quantitative estimate of drug-likeness (QED) is 0.799. The predicted octanol–water partition coefficient (Wildman–Crippen LogP) is 3.74. The zero-order valence-corrected chi connectivity index (χ0v) is 15.2. The summed E-state index contributed by atoms with van der Waals surface area (Å²) >= 11 is 0. The summed E-state index contributed by atoms with van der Waals surface area (Å²) in [5.74, 6) is 0.828. The molecule has 4 heteroatoms. The van der Waals surface area contributed by atoms with Gasteiger partial charge in [0.25, 0.3) is 5.91 Å². The molecule has 1 aliphatic heterocycles. The summed E-state index contributed by atoms with van der Waals surface area (Å²) in [7, 11) is 0. The predicted molar refractivity (Wildman–Crippen MR) is 98.8 cm³/mol. The van der Waals surface area contributed by atoms with Crippen LogP contribution in [0.2, 0.25) is 0 Å². The van der Waals surface area contributed by atoms with Crippen molar-refractivity contribution >= 4 is 5.91 Å². The van der Waals surface area contributed by atoms with Gasteiger partial charge >= 0.3 is 0 Å². The third kappa shape index (κ3) is 5.05. The molecule has 1 aliphatic carbocycles. The van der Waals surface area contributed by atoms with Crippen molar-refractivity contribution in [1.29, 1.82) is 0 Å². The second-order valence-electron chi connectivity index (χ2n) is 7.40. The lowest BCUT2D eigenvalue weighted by atomic mass is 9.84. The number of benzene rings is 1. The number of likely N-dealkylation sites (tertiary alicyclic amines) is 1. The maximum absolute atomic E-state index is 12.7. The Bertz CT molecular complexity index is 529. The minimum absolute atomic E-state index is 0.143. The van der Waals surface area contributed by atoms with Crippen LogP contribution in [0, 0.1) is 0 Å². The van der Waals surface area contributed by atoms with Crippen LogP contribution in [-0.2, 0) is 4.74 Å². The molecule has 1 saturated carbocycles. The summed E-state index contributed by atoms with van der Waals surface area (Å²) in [6.45, 7) is 2.30. The maximum Gasteiger partial charge on any atom is 0.253 e. The largest absolute Gasteiger partial charge is 0.396 e. The summed E-state index contributed by atoms with van der Waals surface area (Å²) in [5, 5.41) is 8.81. The highest BCUT2D eigenvalue weighted by Crippen LogP contribution is 2.32. The summed E-state index contributed by atoms with van der Waals surface area (Å²) in [6, 6.07) is 8.34. The van der Waals surface area contributed by atoms with E-state index in [0.717, 1.165) is 31.5 Å². The van der Waals surface area contributed by atoms with E-state index < -0.39 is 0 Å². The van der Waals surface area contributed by atoms with Crippen LogP contribution in [0.4, 0.5) is 0 Å². The minimum atomic E-state index is 0.143. The van der Waals surface area contributed by atoms with Gasteiger partial charge in [0.15, 0.2) is 0 Å². The van der Waals surface area contributed by atoms with E-state index in [2.05, 4.69) is 12.1 Å². The first kappa shape index (κ1) is 18.4. The number of aliphatic hydroxyl groups is 1. The van der Waals surface area contributed by atoms with Crippen molar-refractivity contribution in [3.05, 3.63) is 35.4 Å². The highest BCUT2D eigenvalue weighted by Gasteiger charge is 2.24. The Morgan fingerprint density at radius 3 is 2.36 bits per heavy atom. The number of ether oxygens (including phenoxy) is 1. The van der Waals surface area contributed by atoms with E-state index in [0.29, 0.717) is 18.9 Å². The van der Waals surface area contributed by atoms with Crippen LogP contribution in [0.1, 0.15) is 73.2 Å². The molecule has 2 aliphatic rings. The number of carbonyl (C=O) groups is 1. The molecule has 0 atom stereocenters. The fraction of sp³-hybridized carbons (Fsp3) is 0.667. The molecule has 0 unspecified atom stereocenters. The monoisotopic (exact) mass is 345 g/mol. The number of carbonyl (C=O) groups excluding carboxylic acids is 1. The van der Waals surface area contributed by atoms with Gasteiger partial charge < -0.3 is 14.7 Å². The van der Waals surface area contributed by atoms with Gasteiger partial charge in [-0.25, -0.2) is 0 Å². The fourth-order valence-electron chi connectivity index (χ4n) is 4.06. The van der Waals surface area contributed by atoms with Crippen molar-refractivity contribution < 1.29 is 14.6 Å². The van der Waals surface area contributed by atoms with Crippen molar-refractivity contribution in [3.63, 3.8) is 0 Å². The van der Waals surface area contributed by atoms with Gasteiger partial charge in [0.1, 0.15) is 0 Å². The molecule has 138 valence electrons. The van der Waals surface area contributed by atoms with Crippen LogP contribution in [0.3, 0.4) is 0 Å². The Labute approximate surface area is 151 Å². The molecule has 0 spiro atoms. The molecule has 1 amide bonds. The Morgan fingerprint density at radius 1 is 1.04 bits per heavy atom. The van der Waals surface area contributed by atoms with E-state index in [1.54, 1.807) is 0 Å². The standard InChI is InChI=1S/C21H31NO3/c23-15-4-16-25-20-11-13-22(14-12-20)21(24)19-9-7-18(8-10-19)17-5-2-1-3-6-17/h7-10,17,20,23H,1-6,11-16H2. The molecule has 1 aromatic carbocycles. The van der Waals surface area contributed by atoms with Gasteiger partial charge in [0.05, 0.1) is 6.10 Å². The van der Waals surface area contributed by atoms with Crippen molar-refractivity contribution in [2.45, 2.75) is 63.4 Å². The van der Waals surface area contributed by atoms with Gasteiger partial charge in [-0.2, -0.15) is 0 Å². The zero-order chi connectivity index (χ0) is 17.5. The lowest BCUT2D eigenvalue weighted by Crippen LogP contribution is -2.41. The lowest BCUT2D eigenvalue weighted by Gasteiger charge is -2.32. The van der Waals surface area contributed by atoms with Gasteiger partial charge in [0, 0.05) is 31.9 Å². The van der Waals surface area contributed by atoms with E-state index in [9.17, 15) is 4.79 Å². The molecule has 1 saturated heterocycles.